The molecule has 172 valence electrons. The fourth-order valence-electron chi connectivity index (χ4n) is 3.49. The number of non-ortho nitro benzene ring substituents is 1. The van der Waals surface area contributed by atoms with Crippen molar-refractivity contribution >= 4 is 28.7 Å². The topological polar surface area (TPSA) is 89.5 Å². The van der Waals surface area contributed by atoms with E-state index in [0.717, 1.165) is 34.7 Å². The van der Waals surface area contributed by atoms with Crippen LogP contribution in [0.4, 0.5) is 18.9 Å². The number of nitrogens with zero attached hydrogens (tertiary/aromatic N) is 3. The molecule has 3 aromatic carbocycles. The summed E-state index contributed by atoms with van der Waals surface area (Å²) in [6, 6.07) is 17.8. The molecule has 0 radical (unpaired) electrons. The molecule has 0 unspecified atom stereocenters. The monoisotopic (exact) mass is 466 g/mol. The number of nitro benzene ring substituents is 1. The third-order valence-corrected chi connectivity index (χ3v) is 5.14. The maximum Gasteiger partial charge on any atom is 0.416 e. The van der Waals surface area contributed by atoms with Crippen LogP contribution in [0.1, 0.15) is 27.0 Å². The van der Waals surface area contributed by atoms with Crippen LogP contribution in [-0.2, 0) is 12.7 Å². The summed E-state index contributed by atoms with van der Waals surface area (Å²) in [5.41, 5.74) is 3.60. The number of rotatable bonds is 6. The lowest BCUT2D eigenvalue weighted by molar-refractivity contribution is -0.384. The van der Waals surface area contributed by atoms with Crippen LogP contribution in [0.5, 0.6) is 0 Å². The zero-order valence-corrected chi connectivity index (χ0v) is 17.5. The van der Waals surface area contributed by atoms with Gasteiger partial charge in [0.25, 0.3) is 11.6 Å². The summed E-state index contributed by atoms with van der Waals surface area (Å²) in [5, 5.41) is 15.6. The SMILES string of the molecule is O=C(N/N=C\c1cn(Cc2ccc([N+](=O)[O-])cc2)c2ccccc12)c1cccc(C(F)(F)F)c1. The minimum atomic E-state index is -4.55. The smallest absolute Gasteiger partial charge is 0.342 e. The molecule has 0 fully saturated rings. The summed E-state index contributed by atoms with van der Waals surface area (Å²) in [4.78, 5) is 22.6. The summed E-state index contributed by atoms with van der Waals surface area (Å²) in [6.07, 6.45) is -1.32. The largest absolute Gasteiger partial charge is 0.416 e. The summed E-state index contributed by atoms with van der Waals surface area (Å²) in [6.45, 7) is 0.447. The minimum absolute atomic E-state index is 0.00504. The minimum Gasteiger partial charge on any atom is -0.342 e. The number of fused-ring (bicyclic) bond motifs is 1. The third kappa shape index (κ3) is 4.96. The molecule has 7 nitrogen and oxygen atoms in total. The van der Waals surface area contributed by atoms with Crippen molar-refractivity contribution in [3.8, 4) is 0 Å². The van der Waals surface area contributed by atoms with Gasteiger partial charge in [-0.25, -0.2) is 5.43 Å². The first-order chi connectivity index (χ1) is 16.2. The van der Waals surface area contributed by atoms with Gasteiger partial charge in [0.05, 0.1) is 16.7 Å². The second kappa shape index (κ2) is 9.18. The Kier molecular flexibility index (Phi) is 6.13. The number of hydrogen-bond donors (Lipinski definition) is 1. The summed E-state index contributed by atoms with van der Waals surface area (Å²) in [7, 11) is 0. The van der Waals surface area contributed by atoms with E-state index in [0.29, 0.717) is 12.1 Å². The Labute approximate surface area is 191 Å². The van der Waals surface area contributed by atoms with Gasteiger partial charge in [0.15, 0.2) is 0 Å². The van der Waals surface area contributed by atoms with E-state index in [1.807, 2.05) is 35.0 Å². The van der Waals surface area contributed by atoms with Crippen molar-refractivity contribution < 1.29 is 22.9 Å². The highest BCUT2D eigenvalue weighted by Crippen LogP contribution is 2.29. The summed E-state index contributed by atoms with van der Waals surface area (Å²) < 4.78 is 40.6. The van der Waals surface area contributed by atoms with Gasteiger partial charge in [-0.3, -0.25) is 14.9 Å². The Hall–Kier alpha value is -4.47. The Morgan fingerprint density at radius 2 is 1.79 bits per heavy atom. The Bertz CT molecular complexity index is 1390. The summed E-state index contributed by atoms with van der Waals surface area (Å²) >= 11 is 0. The molecule has 0 saturated carbocycles. The number of carbonyl (C=O) groups excluding carboxylic acids is 1. The molecule has 0 aliphatic carbocycles. The number of benzene rings is 3. The number of amides is 1. The number of carbonyl (C=O) groups is 1. The molecule has 4 aromatic rings. The first-order valence-electron chi connectivity index (χ1n) is 10.0. The highest BCUT2D eigenvalue weighted by molar-refractivity contribution is 6.00. The van der Waals surface area contributed by atoms with Crippen molar-refractivity contribution in [1.29, 1.82) is 0 Å². The lowest BCUT2D eigenvalue weighted by Crippen LogP contribution is -2.18. The van der Waals surface area contributed by atoms with E-state index in [1.54, 1.807) is 12.1 Å². The van der Waals surface area contributed by atoms with Crippen molar-refractivity contribution in [2.45, 2.75) is 12.7 Å². The van der Waals surface area contributed by atoms with E-state index < -0.39 is 22.6 Å². The molecule has 1 N–H and O–H groups in total. The quantitative estimate of drug-likeness (QED) is 0.235. The third-order valence-electron chi connectivity index (χ3n) is 5.14. The number of aromatic nitrogens is 1. The standard InChI is InChI=1S/C24H17F3N4O3/c25-24(26,27)19-5-3-4-17(12-19)23(32)29-28-13-18-15-30(22-7-2-1-6-21(18)22)14-16-8-10-20(11-9-16)31(33)34/h1-13,15H,14H2,(H,29,32)/b28-13-. The lowest BCUT2D eigenvalue weighted by Gasteiger charge is -2.07. The second-order valence-electron chi connectivity index (χ2n) is 7.43. The average Bonchev–Trinajstić information content (AvgIpc) is 3.16. The van der Waals surface area contributed by atoms with Gasteiger partial charge >= 0.3 is 6.18 Å². The van der Waals surface area contributed by atoms with Gasteiger partial charge in [-0.2, -0.15) is 18.3 Å². The van der Waals surface area contributed by atoms with Gasteiger partial charge in [0, 0.05) is 46.9 Å². The van der Waals surface area contributed by atoms with Crippen LogP contribution in [0.3, 0.4) is 0 Å². The molecule has 4 rings (SSSR count). The van der Waals surface area contributed by atoms with Crippen molar-refractivity contribution in [2.24, 2.45) is 5.10 Å². The van der Waals surface area contributed by atoms with Crippen LogP contribution in [0.25, 0.3) is 10.9 Å². The molecular weight excluding hydrogens is 449 g/mol. The highest BCUT2D eigenvalue weighted by atomic mass is 19.4. The van der Waals surface area contributed by atoms with Crippen LogP contribution in [0.2, 0.25) is 0 Å². The van der Waals surface area contributed by atoms with Gasteiger partial charge < -0.3 is 4.57 Å². The molecule has 0 aliphatic rings. The van der Waals surface area contributed by atoms with Crippen LogP contribution < -0.4 is 5.43 Å². The van der Waals surface area contributed by atoms with E-state index in [4.69, 9.17) is 0 Å². The predicted molar refractivity (Wildman–Crippen MR) is 121 cm³/mol. The highest BCUT2D eigenvalue weighted by Gasteiger charge is 2.30. The molecule has 34 heavy (non-hydrogen) atoms. The van der Waals surface area contributed by atoms with Crippen molar-refractivity contribution in [2.75, 3.05) is 0 Å². The van der Waals surface area contributed by atoms with E-state index in [9.17, 15) is 28.1 Å². The molecule has 1 amide bonds. The number of halogens is 3. The number of hydrazone groups is 1. The van der Waals surface area contributed by atoms with Crippen molar-refractivity contribution in [3.63, 3.8) is 0 Å². The van der Waals surface area contributed by atoms with Crippen LogP contribution >= 0.6 is 0 Å². The number of hydrogen-bond acceptors (Lipinski definition) is 4. The van der Waals surface area contributed by atoms with E-state index in [-0.39, 0.29) is 11.3 Å². The Morgan fingerprint density at radius 3 is 2.50 bits per heavy atom. The van der Waals surface area contributed by atoms with Gasteiger partial charge in [0.1, 0.15) is 0 Å². The van der Waals surface area contributed by atoms with E-state index >= 15 is 0 Å². The molecule has 0 spiro atoms. The number of alkyl halides is 3. The van der Waals surface area contributed by atoms with Crippen LogP contribution in [0.15, 0.2) is 84.1 Å². The first kappa shape index (κ1) is 22.7. The van der Waals surface area contributed by atoms with Crippen molar-refractivity contribution in [3.05, 3.63) is 111 Å². The van der Waals surface area contributed by atoms with E-state index in [2.05, 4.69) is 10.5 Å². The normalized spacial score (nSPS) is 11.7. The predicted octanol–water partition coefficient (Wildman–Crippen LogP) is 5.38. The van der Waals surface area contributed by atoms with Crippen molar-refractivity contribution in [1.82, 2.24) is 9.99 Å². The average molecular weight is 466 g/mol. The number of nitro groups is 1. The lowest BCUT2D eigenvalue weighted by atomic mass is 10.1. The maximum atomic E-state index is 12.9. The van der Waals surface area contributed by atoms with Crippen LogP contribution in [0, 0.1) is 10.1 Å². The number of para-hydroxylation sites is 1. The zero-order valence-electron chi connectivity index (χ0n) is 17.5. The van der Waals surface area contributed by atoms with Gasteiger partial charge in [-0.05, 0) is 29.8 Å². The van der Waals surface area contributed by atoms with Gasteiger partial charge in [-0.15, -0.1) is 0 Å². The fourth-order valence-corrected chi connectivity index (χ4v) is 3.49. The molecule has 1 heterocycles. The molecule has 1 aromatic heterocycles. The Morgan fingerprint density at radius 1 is 1.06 bits per heavy atom. The first-order valence-corrected chi connectivity index (χ1v) is 10.0. The zero-order chi connectivity index (χ0) is 24.3. The number of nitrogens with one attached hydrogen (secondary N) is 1. The molecule has 0 saturated heterocycles. The molecule has 10 heteroatoms. The van der Waals surface area contributed by atoms with E-state index in [1.165, 1.54) is 24.4 Å². The second-order valence-corrected chi connectivity index (χ2v) is 7.43. The van der Waals surface area contributed by atoms with Gasteiger partial charge in [0.2, 0.25) is 0 Å². The molecule has 0 aliphatic heterocycles. The van der Waals surface area contributed by atoms with Gasteiger partial charge in [-0.1, -0.05) is 36.4 Å². The van der Waals surface area contributed by atoms with Crippen LogP contribution in [-0.4, -0.2) is 21.6 Å². The molecule has 0 bridgehead atoms. The fraction of sp³-hybridized carbons (Fsp3) is 0.0833. The summed E-state index contributed by atoms with van der Waals surface area (Å²) in [5.74, 6) is -0.767. The maximum absolute atomic E-state index is 12.9. The Balaban J connectivity index is 1.53. The molecule has 0 atom stereocenters. The molecular formula is C24H17F3N4O3.